The molecule has 0 fully saturated rings. The molecule has 0 aliphatic heterocycles. The Balaban J connectivity index is 1.94. The molecule has 0 unspecified atom stereocenters. The molecule has 2 aromatic carbocycles. The minimum absolute atomic E-state index is 0.0431. The second-order valence-electron chi connectivity index (χ2n) is 5.50. The van der Waals surface area contributed by atoms with Crippen LogP contribution in [-0.4, -0.2) is 25.5 Å². The quantitative estimate of drug-likeness (QED) is 0.600. The Morgan fingerprint density at radius 3 is 2.00 bits per heavy atom. The van der Waals surface area contributed by atoms with Gasteiger partial charge in [-0.1, -0.05) is 38.1 Å². The van der Waals surface area contributed by atoms with Gasteiger partial charge in [0.1, 0.15) is 5.75 Å². The topological polar surface area (TPSA) is 52.6 Å². The molecule has 0 amide bonds. The van der Waals surface area contributed by atoms with E-state index in [2.05, 4.69) is 18.6 Å². The van der Waals surface area contributed by atoms with Crippen molar-refractivity contribution >= 4 is 11.8 Å². The van der Waals surface area contributed by atoms with E-state index >= 15 is 0 Å². The summed E-state index contributed by atoms with van der Waals surface area (Å²) in [6, 6.07) is 14.0. The fourth-order valence-corrected chi connectivity index (χ4v) is 2.09. The molecule has 0 aliphatic carbocycles. The lowest BCUT2D eigenvalue weighted by Crippen LogP contribution is -2.11. The molecule has 0 heterocycles. The van der Waals surface area contributed by atoms with Gasteiger partial charge < -0.3 is 9.47 Å². The van der Waals surface area contributed by atoms with Gasteiger partial charge >= 0.3 is 5.97 Å². The van der Waals surface area contributed by atoms with Gasteiger partial charge in [-0.2, -0.15) is 0 Å². The third kappa shape index (κ3) is 4.42. The van der Waals surface area contributed by atoms with Gasteiger partial charge in [0.25, 0.3) is 0 Å². The van der Waals surface area contributed by atoms with Crippen molar-refractivity contribution in [3.05, 3.63) is 65.2 Å². The Morgan fingerprint density at radius 1 is 0.913 bits per heavy atom. The van der Waals surface area contributed by atoms with Crippen LogP contribution in [0.1, 0.15) is 46.0 Å². The van der Waals surface area contributed by atoms with Crippen molar-refractivity contribution in [3.63, 3.8) is 0 Å². The molecule has 2 rings (SSSR count). The molecule has 23 heavy (non-hydrogen) atoms. The van der Waals surface area contributed by atoms with Gasteiger partial charge in [-0.15, -0.1) is 0 Å². The maximum Gasteiger partial charge on any atom is 0.337 e. The van der Waals surface area contributed by atoms with Crippen LogP contribution in [0, 0.1) is 0 Å². The monoisotopic (exact) mass is 312 g/mol. The molecule has 0 saturated carbocycles. The Hall–Kier alpha value is -2.62. The molecular formula is C19H20O4. The summed E-state index contributed by atoms with van der Waals surface area (Å²) in [7, 11) is 1.33. The molecule has 0 N–H and O–H groups in total. The number of carbonyl (C=O) groups is 2. The lowest BCUT2D eigenvalue weighted by Gasteiger charge is -2.08. The van der Waals surface area contributed by atoms with Crippen molar-refractivity contribution in [1.29, 1.82) is 0 Å². The Bertz CT molecular complexity index is 670. The summed E-state index contributed by atoms with van der Waals surface area (Å²) in [5, 5.41) is 0. The lowest BCUT2D eigenvalue weighted by molar-refractivity contribution is 0.0600. The van der Waals surface area contributed by atoms with Crippen LogP contribution in [0.2, 0.25) is 0 Å². The molecule has 0 aliphatic rings. The van der Waals surface area contributed by atoms with E-state index < -0.39 is 5.97 Å². The van der Waals surface area contributed by atoms with Crippen LogP contribution >= 0.6 is 0 Å². The molecular weight excluding hydrogens is 292 g/mol. The van der Waals surface area contributed by atoms with Crippen LogP contribution in [0.5, 0.6) is 5.75 Å². The molecule has 2 aromatic rings. The van der Waals surface area contributed by atoms with E-state index in [4.69, 9.17) is 4.74 Å². The highest BCUT2D eigenvalue weighted by molar-refractivity contribution is 5.97. The number of esters is 1. The number of hydrogen-bond donors (Lipinski definition) is 0. The van der Waals surface area contributed by atoms with Crippen LogP contribution in [0.4, 0.5) is 0 Å². The summed E-state index contributed by atoms with van der Waals surface area (Å²) in [6.07, 6.45) is 0. The highest BCUT2D eigenvalue weighted by atomic mass is 16.5. The number of Topliss-reactive ketones (excluding diaryl/α,β-unsaturated/α-hetero) is 1. The maximum absolute atomic E-state index is 12.1. The number of ether oxygens (including phenoxy) is 2. The SMILES string of the molecule is COC(=O)c1ccc(OCC(=O)c2ccc(C(C)C)cc2)cc1. The standard InChI is InChI=1S/C19H20O4/c1-13(2)14-4-6-15(7-5-14)18(20)12-23-17-10-8-16(9-11-17)19(21)22-3/h4-11,13H,12H2,1-3H3. The van der Waals surface area contributed by atoms with Gasteiger partial charge in [0, 0.05) is 5.56 Å². The van der Waals surface area contributed by atoms with Gasteiger partial charge in [0.05, 0.1) is 12.7 Å². The van der Waals surface area contributed by atoms with E-state index in [9.17, 15) is 9.59 Å². The van der Waals surface area contributed by atoms with E-state index in [1.807, 2.05) is 24.3 Å². The molecule has 0 aromatic heterocycles. The normalized spacial score (nSPS) is 10.4. The predicted octanol–water partition coefficient (Wildman–Crippen LogP) is 3.86. The number of methoxy groups -OCH3 is 1. The van der Waals surface area contributed by atoms with E-state index in [1.165, 1.54) is 12.7 Å². The van der Waals surface area contributed by atoms with Gasteiger partial charge in [0.2, 0.25) is 0 Å². The largest absolute Gasteiger partial charge is 0.485 e. The van der Waals surface area contributed by atoms with Crippen LogP contribution in [0.25, 0.3) is 0 Å². The summed E-state index contributed by atoms with van der Waals surface area (Å²) in [5.41, 5.74) is 2.26. The van der Waals surface area contributed by atoms with E-state index in [1.54, 1.807) is 24.3 Å². The third-order valence-corrected chi connectivity index (χ3v) is 3.54. The fourth-order valence-electron chi connectivity index (χ4n) is 2.09. The van der Waals surface area contributed by atoms with Crippen molar-refractivity contribution in [1.82, 2.24) is 0 Å². The van der Waals surface area contributed by atoms with Crippen molar-refractivity contribution in [3.8, 4) is 5.75 Å². The van der Waals surface area contributed by atoms with Crippen molar-refractivity contribution in [2.45, 2.75) is 19.8 Å². The average Bonchev–Trinajstić information content (AvgIpc) is 2.59. The van der Waals surface area contributed by atoms with E-state index in [0.29, 0.717) is 22.8 Å². The first kappa shape index (κ1) is 16.7. The molecule has 4 heteroatoms. The van der Waals surface area contributed by atoms with Crippen molar-refractivity contribution < 1.29 is 19.1 Å². The van der Waals surface area contributed by atoms with Gasteiger partial charge in [-0.25, -0.2) is 4.79 Å². The number of ketones is 1. The molecule has 0 atom stereocenters. The summed E-state index contributed by atoms with van der Waals surface area (Å²) in [5.74, 6) is 0.476. The highest BCUT2D eigenvalue weighted by Crippen LogP contribution is 2.16. The number of benzene rings is 2. The van der Waals surface area contributed by atoms with Gasteiger partial charge in [0.15, 0.2) is 12.4 Å². The predicted molar refractivity (Wildman–Crippen MR) is 88.1 cm³/mol. The highest BCUT2D eigenvalue weighted by Gasteiger charge is 2.09. The minimum atomic E-state index is -0.405. The Kier molecular flexibility index (Phi) is 5.52. The molecule has 0 spiro atoms. The first-order valence-electron chi connectivity index (χ1n) is 7.45. The van der Waals surface area contributed by atoms with Crippen LogP contribution in [0.15, 0.2) is 48.5 Å². The van der Waals surface area contributed by atoms with Gasteiger partial charge in [-0.05, 0) is 35.7 Å². The first-order valence-corrected chi connectivity index (χ1v) is 7.45. The zero-order valence-corrected chi connectivity index (χ0v) is 13.5. The first-order chi connectivity index (χ1) is 11.0. The minimum Gasteiger partial charge on any atom is -0.485 e. The average molecular weight is 312 g/mol. The van der Waals surface area contributed by atoms with Crippen molar-refractivity contribution in [2.75, 3.05) is 13.7 Å². The molecule has 0 bridgehead atoms. The molecule has 0 saturated heterocycles. The summed E-state index contributed by atoms with van der Waals surface area (Å²) >= 11 is 0. The van der Waals surface area contributed by atoms with Crippen LogP contribution < -0.4 is 4.74 Å². The van der Waals surface area contributed by atoms with E-state index in [-0.39, 0.29) is 12.4 Å². The number of rotatable bonds is 6. The summed E-state index contributed by atoms with van der Waals surface area (Å²) < 4.78 is 10.1. The van der Waals surface area contributed by atoms with Crippen LogP contribution in [0.3, 0.4) is 0 Å². The van der Waals surface area contributed by atoms with Crippen molar-refractivity contribution in [2.24, 2.45) is 0 Å². The Labute approximate surface area is 136 Å². The third-order valence-electron chi connectivity index (χ3n) is 3.54. The second-order valence-corrected chi connectivity index (χ2v) is 5.50. The zero-order valence-electron chi connectivity index (χ0n) is 13.5. The number of hydrogen-bond acceptors (Lipinski definition) is 4. The Morgan fingerprint density at radius 2 is 1.48 bits per heavy atom. The summed E-state index contributed by atoms with van der Waals surface area (Å²) in [4.78, 5) is 23.5. The van der Waals surface area contributed by atoms with Crippen LogP contribution in [-0.2, 0) is 4.74 Å². The smallest absolute Gasteiger partial charge is 0.337 e. The zero-order chi connectivity index (χ0) is 16.8. The lowest BCUT2D eigenvalue weighted by atomic mass is 10.0. The molecule has 4 nitrogen and oxygen atoms in total. The molecule has 120 valence electrons. The van der Waals surface area contributed by atoms with Gasteiger partial charge in [-0.3, -0.25) is 4.79 Å². The second kappa shape index (κ2) is 7.58. The summed E-state index contributed by atoms with van der Waals surface area (Å²) in [6.45, 7) is 4.18. The fraction of sp³-hybridized carbons (Fsp3) is 0.263. The molecule has 0 radical (unpaired) electrons. The van der Waals surface area contributed by atoms with E-state index in [0.717, 1.165) is 0 Å². The number of carbonyl (C=O) groups excluding carboxylic acids is 2. The maximum atomic E-state index is 12.1.